The lowest BCUT2D eigenvalue weighted by Gasteiger charge is -2.29. The van der Waals surface area contributed by atoms with Crippen molar-refractivity contribution in [3.05, 3.63) is 53.6 Å². The molecule has 0 atom stereocenters. The molecule has 3 aromatic rings. The smallest absolute Gasteiger partial charge is 0.233 e. The van der Waals surface area contributed by atoms with Gasteiger partial charge in [0.25, 0.3) is 0 Å². The lowest BCUT2D eigenvalue weighted by atomic mass is 10.1. The molecule has 4 rings (SSSR count). The molecular weight excluding hydrogens is 482 g/mol. The summed E-state index contributed by atoms with van der Waals surface area (Å²) in [5.41, 5.74) is 2.77. The molecule has 10 heteroatoms. The zero-order chi connectivity index (χ0) is 22.7. The number of thiazole rings is 1. The van der Waals surface area contributed by atoms with Crippen molar-refractivity contribution < 1.29 is 17.9 Å². The minimum atomic E-state index is -3.31. The van der Waals surface area contributed by atoms with Gasteiger partial charge in [-0.1, -0.05) is 41.2 Å². The highest BCUT2D eigenvalue weighted by atomic mass is 35.5. The van der Waals surface area contributed by atoms with Gasteiger partial charge in [-0.2, -0.15) is 0 Å². The number of fused-ring (bicyclic) bond motifs is 1. The third-order valence-electron chi connectivity index (χ3n) is 5.49. The zero-order valence-electron chi connectivity index (χ0n) is 18.7. The van der Waals surface area contributed by atoms with E-state index in [-0.39, 0.29) is 29.6 Å². The second-order valence-corrected chi connectivity index (χ2v) is 11.1. The van der Waals surface area contributed by atoms with Crippen LogP contribution in [0.1, 0.15) is 11.1 Å². The molecule has 0 radical (unpaired) electrons. The van der Waals surface area contributed by atoms with Crippen LogP contribution in [0.15, 0.2) is 47.4 Å². The molecule has 0 unspecified atom stereocenters. The molecule has 0 saturated carbocycles. The molecule has 1 saturated heterocycles. The monoisotopic (exact) mass is 509 g/mol. The number of anilines is 1. The SMILES string of the molecule is Cc1cccc(CC(=O)N(CCN2CCOCC2)c2nc3ccc(S(C)(=O)=O)cc3s2)c1.Cl. The summed E-state index contributed by atoms with van der Waals surface area (Å²) in [5.74, 6) is -0.0220. The van der Waals surface area contributed by atoms with Gasteiger partial charge in [-0.05, 0) is 30.7 Å². The van der Waals surface area contributed by atoms with Crippen LogP contribution < -0.4 is 4.90 Å². The standard InChI is InChI=1S/C23H27N3O4S2.ClH/c1-17-4-3-5-18(14-17)15-22(27)26(9-8-25-10-12-30-13-11-25)23-24-20-7-6-19(32(2,28)29)16-21(20)31-23;/h3-7,14,16H,8-13,15H2,1-2H3;1H. The zero-order valence-corrected chi connectivity index (χ0v) is 21.1. The summed E-state index contributed by atoms with van der Waals surface area (Å²) in [5, 5.41) is 0.594. The molecule has 1 aromatic heterocycles. The van der Waals surface area contributed by atoms with Crippen LogP contribution >= 0.6 is 23.7 Å². The van der Waals surface area contributed by atoms with Crippen molar-refractivity contribution in [1.29, 1.82) is 0 Å². The lowest BCUT2D eigenvalue weighted by molar-refractivity contribution is -0.118. The van der Waals surface area contributed by atoms with Crippen LogP contribution in [0.2, 0.25) is 0 Å². The highest BCUT2D eigenvalue weighted by molar-refractivity contribution is 7.90. The molecule has 0 N–H and O–H groups in total. The molecule has 0 bridgehead atoms. The van der Waals surface area contributed by atoms with E-state index in [4.69, 9.17) is 4.74 Å². The Morgan fingerprint density at radius 3 is 2.64 bits per heavy atom. The van der Waals surface area contributed by atoms with E-state index in [1.165, 1.54) is 17.6 Å². The maximum absolute atomic E-state index is 13.4. The molecule has 0 spiro atoms. The van der Waals surface area contributed by atoms with Crippen molar-refractivity contribution in [3.63, 3.8) is 0 Å². The number of hydrogen-bond acceptors (Lipinski definition) is 7. The number of aromatic nitrogens is 1. The molecular formula is C23H28ClN3O4S2. The predicted molar refractivity (Wildman–Crippen MR) is 134 cm³/mol. The summed E-state index contributed by atoms with van der Waals surface area (Å²) in [6.45, 7) is 6.35. The van der Waals surface area contributed by atoms with E-state index in [0.29, 0.717) is 30.4 Å². The maximum atomic E-state index is 13.4. The van der Waals surface area contributed by atoms with Gasteiger partial charge in [-0.25, -0.2) is 13.4 Å². The number of carbonyl (C=O) groups excluding carboxylic acids is 1. The van der Waals surface area contributed by atoms with Crippen LogP contribution in [-0.4, -0.2) is 69.9 Å². The van der Waals surface area contributed by atoms with E-state index in [1.54, 1.807) is 23.1 Å². The van der Waals surface area contributed by atoms with E-state index >= 15 is 0 Å². The predicted octanol–water partition coefficient (Wildman–Crippen LogP) is 3.34. The number of halogens is 1. The molecule has 2 aromatic carbocycles. The van der Waals surface area contributed by atoms with Gasteiger partial charge < -0.3 is 4.74 Å². The molecule has 7 nitrogen and oxygen atoms in total. The van der Waals surface area contributed by atoms with E-state index in [2.05, 4.69) is 9.88 Å². The number of rotatable bonds is 7. The summed E-state index contributed by atoms with van der Waals surface area (Å²) in [6, 6.07) is 12.9. The lowest BCUT2D eigenvalue weighted by Crippen LogP contribution is -2.43. The number of amides is 1. The molecule has 1 fully saturated rings. The normalized spacial score (nSPS) is 14.7. The largest absolute Gasteiger partial charge is 0.379 e. The number of carbonyl (C=O) groups is 1. The van der Waals surface area contributed by atoms with Crippen molar-refractivity contribution >= 4 is 54.8 Å². The Morgan fingerprint density at radius 2 is 1.94 bits per heavy atom. The van der Waals surface area contributed by atoms with Crippen molar-refractivity contribution in [2.24, 2.45) is 0 Å². The Morgan fingerprint density at radius 1 is 1.18 bits per heavy atom. The highest BCUT2D eigenvalue weighted by Gasteiger charge is 2.22. The van der Waals surface area contributed by atoms with Gasteiger partial charge in [0.05, 0.1) is 34.7 Å². The van der Waals surface area contributed by atoms with Gasteiger partial charge in [0, 0.05) is 32.4 Å². The number of nitrogens with zero attached hydrogens (tertiary/aromatic N) is 3. The summed E-state index contributed by atoms with van der Waals surface area (Å²) in [7, 11) is -3.31. The van der Waals surface area contributed by atoms with E-state index < -0.39 is 9.84 Å². The first-order valence-corrected chi connectivity index (χ1v) is 13.3. The first-order chi connectivity index (χ1) is 15.3. The molecule has 1 aliphatic rings. The summed E-state index contributed by atoms with van der Waals surface area (Å²) in [4.78, 5) is 22.3. The van der Waals surface area contributed by atoms with E-state index in [9.17, 15) is 13.2 Å². The Kier molecular flexibility index (Phi) is 8.47. The number of hydrogen-bond donors (Lipinski definition) is 0. The fourth-order valence-corrected chi connectivity index (χ4v) is 5.49. The summed E-state index contributed by atoms with van der Waals surface area (Å²) < 4.78 is 30.1. The molecule has 1 amide bonds. The number of ether oxygens (including phenoxy) is 1. The first-order valence-electron chi connectivity index (χ1n) is 10.6. The van der Waals surface area contributed by atoms with Crippen molar-refractivity contribution in [3.8, 4) is 0 Å². The Bertz CT molecular complexity index is 1220. The van der Waals surface area contributed by atoms with Crippen molar-refractivity contribution in [2.45, 2.75) is 18.2 Å². The Balaban J connectivity index is 0.00000306. The van der Waals surface area contributed by atoms with Gasteiger partial charge in [0.15, 0.2) is 15.0 Å². The fraction of sp³-hybridized carbons (Fsp3) is 0.391. The molecule has 2 heterocycles. The van der Waals surface area contributed by atoms with E-state index in [1.807, 2.05) is 31.2 Å². The van der Waals surface area contributed by atoms with E-state index in [0.717, 1.165) is 35.5 Å². The van der Waals surface area contributed by atoms with Crippen LogP contribution in [-0.2, 0) is 25.8 Å². The number of sulfone groups is 1. The fourth-order valence-electron chi connectivity index (χ4n) is 3.72. The topological polar surface area (TPSA) is 79.8 Å². The average molecular weight is 510 g/mol. The van der Waals surface area contributed by atoms with Crippen LogP contribution in [0.4, 0.5) is 5.13 Å². The average Bonchev–Trinajstić information content (AvgIpc) is 3.17. The van der Waals surface area contributed by atoms with Crippen LogP contribution in [0, 0.1) is 6.92 Å². The number of aryl methyl sites for hydroxylation is 1. The maximum Gasteiger partial charge on any atom is 0.233 e. The van der Waals surface area contributed by atoms with Gasteiger partial charge >= 0.3 is 0 Å². The van der Waals surface area contributed by atoms with Crippen LogP contribution in [0.5, 0.6) is 0 Å². The van der Waals surface area contributed by atoms with Crippen LogP contribution in [0.3, 0.4) is 0 Å². The number of benzene rings is 2. The quantitative estimate of drug-likeness (QED) is 0.486. The molecule has 33 heavy (non-hydrogen) atoms. The van der Waals surface area contributed by atoms with Gasteiger partial charge in [0.1, 0.15) is 0 Å². The second kappa shape index (κ2) is 10.9. The molecule has 1 aliphatic heterocycles. The minimum absolute atomic E-state index is 0. The second-order valence-electron chi connectivity index (χ2n) is 8.06. The summed E-state index contributed by atoms with van der Waals surface area (Å²) >= 11 is 1.35. The first kappa shape index (κ1) is 25.6. The Labute approximate surface area is 204 Å². The summed E-state index contributed by atoms with van der Waals surface area (Å²) in [6.07, 6.45) is 1.48. The molecule has 178 valence electrons. The third kappa shape index (κ3) is 6.51. The molecule has 0 aliphatic carbocycles. The minimum Gasteiger partial charge on any atom is -0.379 e. The van der Waals surface area contributed by atoms with Crippen molar-refractivity contribution in [1.82, 2.24) is 9.88 Å². The Hall–Kier alpha value is -2.04. The highest BCUT2D eigenvalue weighted by Crippen LogP contribution is 2.31. The van der Waals surface area contributed by atoms with Crippen LogP contribution in [0.25, 0.3) is 10.2 Å². The van der Waals surface area contributed by atoms with Gasteiger partial charge in [-0.15, -0.1) is 12.4 Å². The van der Waals surface area contributed by atoms with Gasteiger partial charge in [0.2, 0.25) is 5.91 Å². The van der Waals surface area contributed by atoms with Crippen molar-refractivity contribution in [2.75, 3.05) is 50.5 Å². The van der Waals surface area contributed by atoms with Gasteiger partial charge in [-0.3, -0.25) is 14.6 Å². The third-order valence-corrected chi connectivity index (χ3v) is 7.64. The number of morpholine rings is 1.